The number of alkyl halides is 3. The van der Waals surface area contributed by atoms with Crippen LogP contribution in [-0.4, -0.2) is 13.2 Å². The number of aryl methyl sites for hydroxylation is 1. The molecule has 0 amide bonds. The summed E-state index contributed by atoms with van der Waals surface area (Å²) < 4.78 is 37.2. The summed E-state index contributed by atoms with van der Waals surface area (Å²) in [6.45, 7) is 1.78. The lowest BCUT2D eigenvalue weighted by atomic mass is 10.1. The van der Waals surface area contributed by atoms with Crippen LogP contribution < -0.4 is 5.32 Å². The van der Waals surface area contributed by atoms with Crippen molar-refractivity contribution in [1.29, 1.82) is 0 Å². The number of rotatable bonds is 3. The molecule has 0 aliphatic carbocycles. The molecule has 0 aromatic carbocycles. The van der Waals surface area contributed by atoms with Crippen molar-refractivity contribution in [3.05, 3.63) is 20.8 Å². The molecule has 0 radical (unpaired) electrons. The zero-order chi connectivity index (χ0) is 11.6. The molecule has 15 heavy (non-hydrogen) atoms. The van der Waals surface area contributed by atoms with E-state index in [1.54, 1.807) is 13.0 Å². The van der Waals surface area contributed by atoms with Gasteiger partial charge in [0.15, 0.2) is 0 Å². The van der Waals surface area contributed by atoms with Gasteiger partial charge in [0.05, 0.1) is 10.8 Å². The molecule has 1 aromatic rings. The van der Waals surface area contributed by atoms with E-state index in [9.17, 15) is 13.2 Å². The van der Waals surface area contributed by atoms with Crippen LogP contribution in [0.1, 0.15) is 22.9 Å². The molecule has 0 saturated heterocycles. The lowest BCUT2D eigenvalue weighted by Gasteiger charge is -2.16. The summed E-state index contributed by atoms with van der Waals surface area (Å²) in [5, 5.41) is 2.65. The molecule has 1 heterocycles. The topological polar surface area (TPSA) is 12.0 Å². The maximum absolute atomic E-state index is 12.2. The maximum Gasteiger partial charge on any atom is 0.390 e. The first kappa shape index (κ1) is 12.8. The molecule has 0 saturated carbocycles. The fourth-order valence-electron chi connectivity index (χ4n) is 1.23. The quantitative estimate of drug-likeness (QED) is 0.865. The molecule has 1 unspecified atom stereocenters. The largest absolute Gasteiger partial charge is 0.390 e. The van der Waals surface area contributed by atoms with Gasteiger partial charge in [-0.2, -0.15) is 13.2 Å². The predicted molar refractivity (Wildman–Crippen MR) is 56.5 cm³/mol. The predicted octanol–water partition coefficient (Wildman–Crippen LogP) is 3.92. The SMILES string of the molecule is CNC(CC(F)(F)F)c1cc(C)c(Cl)s1. The summed E-state index contributed by atoms with van der Waals surface area (Å²) in [5.74, 6) is 0. The Kier molecular flexibility index (Phi) is 4.03. The zero-order valence-corrected chi connectivity index (χ0v) is 9.85. The van der Waals surface area contributed by atoms with Crippen molar-refractivity contribution in [3.63, 3.8) is 0 Å². The number of hydrogen-bond acceptors (Lipinski definition) is 2. The normalized spacial score (nSPS) is 14.3. The number of halogens is 4. The van der Waals surface area contributed by atoms with Gasteiger partial charge in [-0.05, 0) is 25.6 Å². The van der Waals surface area contributed by atoms with Crippen LogP contribution in [-0.2, 0) is 0 Å². The van der Waals surface area contributed by atoms with Gasteiger partial charge in [0.2, 0.25) is 0 Å². The minimum atomic E-state index is -4.17. The van der Waals surface area contributed by atoms with E-state index in [4.69, 9.17) is 11.6 Å². The van der Waals surface area contributed by atoms with Crippen LogP contribution in [0.15, 0.2) is 6.07 Å². The van der Waals surface area contributed by atoms with Crippen LogP contribution >= 0.6 is 22.9 Å². The van der Waals surface area contributed by atoms with E-state index < -0.39 is 18.6 Å². The van der Waals surface area contributed by atoms with E-state index in [2.05, 4.69) is 5.32 Å². The first-order valence-corrected chi connectivity index (χ1v) is 5.53. The lowest BCUT2D eigenvalue weighted by Crippen LogP contribution is -2.22. The highest BCUT2D eigenvalue weighted by Crippen LogP contribution is 2.36. The van der Waals surface area contributed by atoms with Crippen LogP contribution in [0.2, 0.25) is 4.34 Å². The van der Waals surface area contributed by atoms with Crippen molar-refractivity contribution in [2.75, 3.05) is 7.05 Å². The van der Waals surface area contributed by atoms with Crippen molar-refractivity contribution in [3.8, 4) is 0 Å². The van der Waals surface area contributed by atoms with Gasteiger partial charge in [-0.1, -0.05) is 11.6 Å². The van der Waals surface area contributed by atoms with Crippen LogP contribution in [0.5, 0.6) is 0 Å². The summed E-state index contributed by atoms with van der Waals surface area (Å²) in [7, 11) is 1.51. The highest BCUT2D eigenvalue weighted by atomic mass is 35.5. The van der Waals surface area contributed by atoms with Gasteiger partial charge in [-0.25, -0.2) is 0 Å². The third-order valence-electron chi connectivity index (χ3n) is 2.00. The zero-order valence-electron chi connectivity index (χ0n) is 8.28. The monoisotopic (exact) mass is 257 g/mol. The second-order valence-corrected chi connectivity index (χ2v) is 4.95. The molecule has 1 aromatic heterocycles. The van der Waals surface area contributed by atoms with Gasteiger partial charge in [-0.15, -0.1) is 11.3 Å². The molecular weight excluding hydrogens is 247 g/mol. The second kappa shape index (κ2) is 4.72. The Morgan fingerprint density at radius 3 is 2.47 bits per heavy atom. The molecular formula is C9H11ClF3NS. The minimum Gasteiger partial charge on any atom is -0.312 e. The Morgan fingerprint density at radius 1 is 1.53 bits per heavy atom. The molecule has 1 N–H and O–H groups in total. The molecule has 6 heteroatoms. The molecule has 86 valence electrons. The van der Waals surface area contributed by atoms with E-state index in [1.165, 1.54) is 18.4 Å². The van der Waals surface area contributed by atoms with Crippen molar-refractivity contribution < 1.29 is 13.2 Å². The van der Waals surface area contributed by atoms with Gasteiger partial charge >= 0.3 is 6.18 Å². The Balaban J connectivity index is 2.83. The summed E-state index contributed by atoms with van der Waals surface area (Å²) in [4.78, 5) is 0.623. The number of nitrogens with one attached hydrogen (secondary N) is 1. The van der Waals surface area contributed by atoms with Gasteiger partial charge < -0.3 is 5.32 Å². The molecule has 1 rings (SSSR count). The van der Waals surface area contributed by atoms with E-state index in [0.29, 0.717) is 9.21 Å². The minimum absolute atomic E-state index is 0.549. The summed E-state index contributed by atoms with van der Waals surface area (Å²) in [6.07, 6.45) is -5.04. The van der Waals surface area contributed by atoms with E-state index in [1.807, 2.05) is 0 Å². The molecule has 0 spiro atoms. The van der Waals surface area contributed by atoms with Crippen LogP contribution in [0, 0.1) is 6.92 Å². The Morgan fingerprint density at radius 2 is 2.13 bits per heavy atom. The first-order chi connectivity index (χ1) is 6.83. The average molecular weight is 258 g/mol. The summed E-state index contributed by atoms with van der Waals surface area (Å²) in [5.41, 5.74) is 0.819. The summed E-state index contributed by atoms with van der Waals surface area (Å²) in [6, 6.07) is 0.987. The van der Waals surface area contributed by atoms with Gasteiger partial charge in [0, 0.05) is 10.9 Å². The highest BCUT2D eigenvalue weighted by molar-refractivity contribution is 7.16. The maximum atomic E-state index is 12.2. The molecule has 0 aliphatic rings. The van der Waals surface area contributed by atoms with Gasteiger partial charge in [0.1, 0.15) is 0 Å². The molecule has 1 atom stereocenters. The molecule has 0 aliphatic heterocycles. The first-order valence-electron chi connectivity index (χ1n) is 4.33. The van der Waals surface area contributed by atoms with Gasteiger partial charge in [0.25, 0.3) is 0 Å². The van der Waals surface area contributed by atoms with Crippen LogP contribution in [0.3, 0.4) is 0 Å². The van der Waals surface area contributed by atoms with Crippen LogP contribution in [0.4, 0.5) is 13.2 Å². The van der Waals surface area contributed by atoms with Crippen molar-refractivity contribution in [2.24, 2.45) is 0 Å². The Labute approximate surface area is 95.2 Å². The smallest absolute Gasteiger partial charge is 0.312 e. The molecule has 0 fully saturated rings. The summed E-state index contributed by atoms with van der Waals surface area (Å²) >= 11 is 7.00. The van der Waals surface area contributed by atoms with E-state index >= 15 is 0 Å². The standard InChI is InChI=1S/C9H11ClF3NS/c1-5-3-7(15-8(5)10)6(14-2)4-9(11,12)13/h3,6,14H,4H2,1-2H3. The van der Waals surface area contributed by atoms with Gasteiger partial charge in [-0.3, -0.25) is 0 Å². The van der Waals surface area contributed by atoms with Crippen molar-refractivity contribution in [2.45, 2.75) is 25.6 Å². The molecule has 1 nitrogen and oxygen atoms in total. The lowest BCUT2D eigenvalue weighted by molar-refractivity contribution is -0.140. The molecule has 0 bridgehead atoms. The van der Waals surface area contributed by atoms with Crippen molar-refractivity contribution >= 4 is 22.9 Å². The Hall–Kier alpha value is -0.260. The highest BCUT2D eigenvalue weighted by Gasteiger charge is 2.32. The fraction of sp³-hybridized carbons (Fsp3) is 0.556. The fourth-order valence-corrected chi connectivity index (χ4v) is 2.56. The number of hydrogen-bond donors (Lipinski definition) is 1. The third-order valence-corrected chi connectivity index (χ3v) is 3.67. The van der Waals surface area contributed by atoms with E-state index in [0.717, 1.165) is 5.56 Å². The van der Waals surface area contributed by atoms with Crippen molar-refractivity contribution in [1.82, 2.24) is 5.32 Å². The van der Waals surface area contributed by atoms with E-state index in [-0.39, 0.29) is 0 Å². The Bertz CT molecular complexity index is 315. The second-order valence-electron chi connectivity index (χ2n) is 3.27. The number of thiophene rings is 1. The third kappa shape index (κ3) is 3.66. The van der Waals surface area contributed by atoms with Crippen LogP contribution in [0.25, 0.3) is 0 Å². The average Bonchev–Trinajstić information content (AvgIpc) is 2.41.